The highest BCUT2D eigenvalue weighted by atomic mass is 16.6. The van der Waals surface area contributed by atoms with E-state index in [9.17, 15) is 19.2 Å². The SMILES string of the molecule is CCC(C)C(=O)Oc1ccc(C[C@H](N)C(=O)O[C@@H](C)[C@H](C)OC(=O)C(C)C)cc1OC(=O)C(C)CC. The minimum atomic E-state index is -1.02. The summed E-state index contributed by atoms with van der Waals surface area (Å²) in [4.78, 5) is 49.1. The van der Waals surface area contributed by atoms with E-state index in [2.05, 4.69) is 0 Å². The standard InChI is InChI=1S/C27H41NO8/c1-9-16(5)25(30)35-22-12-11-20(14-23(22)36-26(31)17(6)10-2)13-21(28)27(32)34-19(8)18(7)33-24(29)15(3)4/h11-12,14-19,21H,9-10,13,28H2,1-8H3/t16?,17?,18-,19-,21-/m0/s1. The van der Waals surface area contributed by atoms with E-state index in [0.29, 0.717) is 18.4 Å². The van der Waals surface area contributed by atoms with Crippen molar-refractivity contribution in [3.8, 4) is 11.5 Å². The smallest absolute Gasteiger partial charge is 0.323 e. The fourth-order valence-corrected chi connectivity index (χ4v) is 2.71. The van der Waals surface area contributed by atoms with E-state index in [1.54, 1.807) is 47.6 Å². The van der Waals surface area contributed by atoms with Crippen LogP contribution in [0.3, 0.4) is 0 Å². The molecule has 2 unspecified atom stereocenters. The maximum absolute atomic E-state index is 12.6. The largest absolute Gasteiger partial charge is 0.459 e. The second kappa shape index (κ2) is 14.6. The first-order valence-corrected chi connectivity index (χ1v) is 12.5. The van der Waals surface area contributed by atoms with Crippen LogP contribution in [0.2, 0.25) is 0 Å². The molecule has 1 rings (SSSR count). The van der Waals surface area contributed by atoms with Crippen LogP contribution in [0, 0.1) is 17.8 Å². The third-order valence-corrected chi connectivity index (χ3v) is 5.95. The summed E-state index contributed by atoms with van der Waals surface area (Å²) < 4.78 is 21.7. The van der Waals surface area contributed by atoms with E-state index in [-0.39, 0.29) is 41.6 Å². The molecule has 0 spiro atoms. The predicted molar refractivity (Wildman–Crippen MR) is 134 cm³/mol. The molecule has 0 fully saturated rings. The van der Waals surface area contributed by atoms with Crippen LogP contribution in [0.1, 0.15) is 73.8 Å². The molecule has 9 nitrogen and oxygen atoms in total. The first kappa shape index (κ1) is 31.1. The maximum Gasteiger partial charge on any atom is 0.323 e. The van der Waals surface area contributed by atoms with Crippen molar-refractivity contribution in [2.24, 2.45) is 23.5 Å². The van der Waals surface area contributed by atoms with E-state index < -0.39 is 36.2 Å². The zero-order valence-electron chi connectivity index (χ0n) is 22.7. The Morgan fingerprint density at radius 2 is 1.19 bits per heavy atom. The Kier molecular flexibility index (Phi) is 12.6. The number of carbonyl (C=O) groups excluding carboxylic acids is 4. The van der Waals surface area contributed by atoms with Gasteiger partial charge in [0.15, 0.2) is 11.5 Å². The molecule has 0 bridgehead atoms. The third kappa shape index (κ3) is 9.60. The Morgan fingerprint density at radius 1 is 0.722 bits per heavy atom. The van der Waals surface area contributed by atoms with Gasteiger partial charge in [-0.1, -0.05) is 47.6 Å². The number of rotatable bonds is 13. The number of esters is 4. The van der Waals surface area contributed by atoms with Gasteiger partial charge in [0.05, 0.1) is 17.8 Å². The Bertz CT molecular complexity index is 913. The lowest BCUT2D eigenvalue weighted by Gasteiger charge is -2.23. The number of ether oxygens (including phenoxy) is 4. The zero-order chi connectivity index (χ0) is 27.6. The third-order valence-electron chi connectivity index (χ3n) is 5.95. The summed E-state index contributed by atoms with van der Waals surface area (Å²) in [6.07, 6.45) is -0.0638. The van der Waals surface area contributed by atoms with E-state index in [4.69, 9.17) is 24.7 Å². The average Bonchev–Trinajstić information content (AvgIpc) is 2.83. The molecule has 1 aromatic rings. The lowest BCUT2D eigenvalue weighted by molar-refractivity contribution is -0.168. The van der Waals surface area contributed by atoms with E-state index in [1.807, 2.05) is 13.8 Å². The van der Waals surface area contributed by atoms with Gasteiger partial charge in [-0.2, -0.15) is 0 Å². The maximum atomic E-state index is 12.6. The predicted octanol–water partition coefficient (Wildman–Crippen LogP) is 3.98. The monoisotopic (exact) mass is 507 g/mol. The number of benzene rings is 1. The quantitative estimate of drug-likeness (QED) is 0.311. The molecule has 0 saturated carbocycles. The first-order valence-electron chi connectivity index (χ1n) is 12.5. The molecule has 2 N–H and O–H groups in total. The van der Waals surface area contributed by atoms with Gasteiger partial charge in [-0.15, -0.1) is 0 Å². The molecule has 0 amide bonds. The fraction of sp³-hybridized carbons (Fsp3) is 0.630. The van der Waals surface area contributed by atoms with E-state index >= 15 is 0 Å². The highest BCUT2D eigenvalue weighted by molar-refractivity contribution is 5.79. The van der Waals surface area contributed by atoms with Gasteiger partial charge >= 0.3 is 23.9 Å². The number of hydrogen-bond donors (Lipinski definition) is 1. The van der Waals surface area contributed by atoms with Crippen LogP contribution in [-0.2, 0) is 35.1 Å². The number of carbonyl (C=O) groups is 4. The van der Waals surface area contributed by atoms with Crippen molar-refractivity contribution >= 4 is 23.9 Å². The lowest BCUT2D eigenvalue weighted by atomic mass is 10.1. The van der Waals surface area contributed by atoms with Crippen molar-refractivity contribution in [1.82, 2.24) is 0 Å². The van der Waals surface area contributed by atoms with Crippen LogP contribution in [0.5, 0.6) is 11.5 Å². The van der Waals surface area contributed by atoms with Gasteiger partial charge in [-0.25, -0.2) is 0 Å². The summed E-state index contributed by atoms with van der Waals surface area (Å²) in [5.41, 5.74) is 6.65. The second-order valence-electron chi connectivity index (χ2n) is 9.49. The number of hydrogen-bond acceptors (Lipinski definition) is 9. The van der Waals surface area contributed by atoms with Gasteiger partial charge in [0.25, 0.3) is 0 Å². The molecule has 1 aromatic carbocycles. The second-order valence-corrected chi connectivity index (χ2v) is 9.49. The molecule has 0 aliphatic heterocycles. The van der Waals surface area contributed by atoms with Crippen LogP contribution < -0.4 is 15.2 Å². The van der Waals surface area contributed by atoms with E-state index in [0.717, 1.165) is 0 Å². The normalized spacial score (nSPS) is 15.3. The summed E-state index contributed by atoms with van der Waals surface area (Å²) in [5, 5.41) is 0. The molecule has 0 aliphatic rings. The van der Waals surface area contributed by atoms with Crippen LogP contribution in [0.4, 0.5) is 0 Å². The van der Waals surface area contributed by atoms with Crippen molar-refractivity contribution < 1.29 is 38.1 Å². The van der Waals surface area contributed by atoms with Crippen LogP contribution in [0.25, 0.3) is 0 Å². The van der Waals surface area contributed by atoms with Crippen LogP contribution >= 0.6 is 0 Å². The summed E-state index contributed by atoms with van der Waals surface area (Å²) in [7, 11) is 0. The Balaban J connectivity index is 2.98. The van der Waals surface area contributed by atoms with Crippen LogP contribution in [0.15, 0.2) is 18.2 Å². The molecule has 5 atom stereocenters. The van der Waals surface area contributed by atoms with Crippen molar-refractivity contribution in [3.63, 3.8) is 0 Å². The van der Waals surface area contributed by atoms with Gasteiger partial charge in [-0.3, -0.25) is 19.2 Å². The molecule has 9 heteroatoms. The summed E-state index contributed by atoms with van der Waals surface area (Å²) >= 11 is 0. The molecule has 0 radical (unpaired) electrons. The summed E-state index contributed by atoms with van der Waals surface area (Å²) in [5.74, 6) is -2.72. The Labute approximate surface area is 214 Å². The summed E-state index contributed by atoms with van der Waals surface area (Å²) in [6.45, 7) is 13.9. The average molecular weight is 508 g/mol. The number of nitrogens with two attached hydrogens (primary N) is 1. The zero-order valence-corrected chi connectivity index (χ0v) is 22.7. The Morgan fingerprint density at radius 3 is 1.67 bits per heavy atom. The van der Waals surface area contributed by atoms with E-state index in [1.165, 1.54) is 12.1 Å². The highest BCUT2D eigenvalue weighted by Crippen LogP contribution is 2.31. The molecular formula is C27H41NO8. The van der Waals surface area contributed by atoms with Gasteiger partial charge in [0.2, 0.25) is 0 Å². The molecule has 36 heavy (non-hydrogen) atoms. The van der Waals surface area contributed by atoms with Crippen LogP contribution in [-0.4, -0.2) is 42.1 Å². The molecule has 0 aromatic heterocycles. The Hall–Kier alpha value is -2.94. The topological polar surface area (TPSA) is 131 Å². The van der Waals surface area contributed by atoms with Gasteiger partial charge in [0.1, 0.15) is 18.2 Å². The molecular weight excluding hydrogens is 466 g/mol. The van der Waals surface area contributed by atoms with Crippen molar-refractivity contribution in [2.45, 2.75) is 92.9 Å². The van der Waals surface area contributed by atoms with Gasteiger partial charge in [0, 0.05) is 0 Å². The van der Waals surface area contributed by atoms with Crippen molar-refractivity contribution in [3.05, 3.63) is 23.8 Å². The van der Waals surface area contributed by atoms with Crippen molar-refractivity contribution in [2.75, 3.05) is 0 Å². The van der Waals surface area contributed by atoms with Crippen molar-refractivity contribution in [1.29, 1.82) is 0 Å². The highest BCUT2D eigenvalue weighted by Gasteiger charge is 2.26. The molecule has 0 saturated heterocycles. The van der Waals surface area contributed by atoms with Gasteiger partial charge < -0.3 is 24.7 Å². The fourth-order valence-electron chi connectivity index (χ4n) is 2.71. The minimum Gasteiger partial charge on any atom is -0.459 e. The molecule has 202 valence electrons. The molecule has 0 aliphatic carbocycles. The van der Waals surface area contributed by atoms with Gasteiger partial charge in [-0.05, 0) is 50.8 Å². The minimum absolute atomic E-state index is 0.0811. The molecule has 0 heterocycles. The lowest BCUT2D eigenvalue weighted by Crippen LogP contribution is -2.39. The first-order chi connectivity index (χ1) is 16.8. The summed E-state index contributed by atoms with van der Waals surface area (Å²) in [6, 6.07) is 3.67.